The molecule has 0 unspecified atom stereocenters. The molecule has 0 aromatic rings. The second kappa shape index (κ2) is 14.3. The Morgan fingerprint density at radius 2 is 0.767 bits per heavy atom. The Bertz CT molecular complexity index is 511. The molecule has 1 heterocycles. The lowest BCUT2D eigenvalue weighted by Crippen LogP contribution is -2.47. The molecule has 30 heavy (non-hydrogen) atoms. The van der Waals surface area contributed by atoms with Crippen LogP contribution in [0.2, 0.25) is 0 Å². The summed E-state index contributed by atoms with van der Waals surface area (Å²) in [6, 6.07) is 0. The smallest absolute Gasteiger partial charge is 0.324 e. The minimum Gasteiger partial charge on any atom is -0.324 e. The van der Waals surface area contributed by atoms with E-state index in [1.54, 1.807) is 0 Å². The fraction of sp³-hybridized carbons (Fsp3) is 1.00. The van der Waals surface area contributed by atoms with Crippen LogP contribution in [0.1, 0.15) is 26.7 Å². The molecule has 0 amide bonds. The van der Waals surface area contributed by atoms with Crippen LogP contribution in [0.5, 0.6) is 0 Å². The van der Waals surface area contributed by atoms with Crippen molar-refractivity contribution < 1.29 is 28.7 Å². The largest absolute Gasteiger partial charge is 0.326 e. The predicted octanol–water partition coefficient (Wildman–Crippen LogP) is 0.383. The van der Waals surface area contributed by atoms with Gasteiger partial charge in [-0.05, 0) is 25.9 Å². The van der Waals surface area contributed by atoms with E-state index in [2.05, 4.69) is 33.4 Å². The highest BCUT2D eigenvalue weighted by Gasteiger charge is 2.21. The first-order valence-electron chi connectivity index (χ1n) is 11.0. The zero-order chi connectivity index (χ0) is 22.6. The third-order valence-corrected chi connectivity index (χ3v) is 6.99. The lowest BCUT2D eigenvalue weighted by atomic mass is 10.3. The van der Waals surface area contributed by atoms with Crippen LogP contribution in [0, 0.1) is 0 Å². The van der Waals surface area contributed by atoms with Gasteiger partial charge in [0, 0.05) is 65.4 Å². The van der Waals surface area contributed by atoms with Crippen LogP contribution in [0.4, 0.5) is 0 Å². The highest BCUT2D eigenvalue weighted by atomic mass is 31.2. The Labute approximate surface area is 181 Å². The maximum absolute atomic E-state index is 11.3. The number of nitrogens with zero attached hydrogens (tertiary/aromatic N) is 4. The summed E-state index contributed by atoms with van der Waals surface area (Å²) in [5, 5.41) is 0. The molecule has 4 N–H and O–H groups in total. The van der Waals surface area contributed by atoms with Gasteiger partial charge in [0.15, 0.2) is 0 Å². The molecule has 0 aromatic heterocycles. The summed E-state index contributed by atoms with van der Waals surface area (Å²) in [6.07, 6.45) is 1.78. The first kappa shape index (κ1) is 28.2. The Morgan fingerprint density at radius 3 is 0.967 bits per heavy atom. The molecule has 180 valence electrons. The average Bonchev–Trinajstić information content (AvgIpc) is 2.63. The highest BCUT2D eigenvalue weighted by molar-refractivity contribution is 7.52. The zero-order valence-corrected chi connectivity index (χ0v) is 20.4. The van der Waals surface area contributed by atoms with Crippen molar-refractivity contribution in [1.82, 2.24) is 19.6 Å². The van der Waals surface area contributed by atoms with Gasteiger partial charge in [-0.15, -0.1) is 0 Å². The van der Waals surface area contributed by atoms with Gasteiger partial charge in [-0.3, -0.25) is 9.13 Å². The van der Waals surface area contributed by atoms with E-state index < -0.39 is 15.2 Å². The lowest BCUT2D eigenvalue weighted by molar-refractivity contribution is 0.136. The van der Waals surface area contributed by atoms with E-state index in [0.717, 1.165) is 65.2 Å². The van der Waals surface area contributed by atoms with Gasteiger partial charge in [-0.2, -0.15) is 0 Å². The van der Waals surface area contributed by atoms with Crippen molar-refractivity contribution in [3.63, 3.8) is 0 Å². The van der Waals surface area contributed by atoms with Crippen molar-refractivity contribution >= 4 is 15.2 Å². The summed E-state index contributed by atoms with van der Waals surface area (Å²) in [6.45, 7) is 13.2. The molecule has 1 aliphatic rings. The second-order valence-electron chi connectivity index (χ2n) is 8.14. The minimum atomic E-state index is -4.06. The quantitative estimate of drug-likeness (QED) is 0.331. The van der Waals surface area contributed by atoms with Gasteiger partial charge in [0.1, 0.15) is 0 Å². The average molecular weight is 473 g/mol. The summed E-state index contributed by atoms with van der Waals surface area (Å²) in [5.41, 5.74) is 0. The Morgan fingerprint density at radius 1 is 0.533 bits per heavy atom. The molecule has 1 fully saturated rings. The van der Waals surface area contributed by atoms with Crippen LogP contribution in [0.3, 0.4) is 0 Å². The van der Waals surface area contributed by atoms with Crippen LogP contribution in [0.15, 0.2) is 0 Å². The number of hydrogen-bond acceptors (Lipinski definition) is 6. The molecule has 1 aliphatic heterocycles. The van der Waals surface area contributed by atoms with E-state index in [9.17, 15) is 28.7 Å². The predicted molar refractivity (Wildman–Crippen MR) is 120 cm³/mol. The first-order chi connectivity index (χ1) is 14.0. The monoisotopic (exact) mass is 472 g/mol. The maximum atomic E-state index is 11.3. The van der Waals surface area contributed by atoms with Gasteiger partial charge in [-0.25, -0.2) is 0 Å². The first-order valence-corrected chi connectivity index (χ1v) is 14.6. The molecule has 0 saturated carbocycles. The lowest BCUT2D eigenvalue weighted by Gasteiger charge is -2.34. The van der Waals surface area contributed by atoms with Gasteiger partial charge in [-0.1, -0.05) is 13.8 Å². The molecule has 12 heteroatoms. The third kappa shape index (κ3) is 14.2. The highest BCUT2D eigenvalue weighted by Crippen LogP contribution is 2.34. The second-order valence-corrected chi connectivity index (χ2v) is 11.7. The van der Waals surface area contributed by atoms with Crippen molar-refractivity contribution in [2.75, 3.05) is 90.9 Å². The Kier molecular flexibility index (Phi) is 13.4. The Balaban J connectivity index is 2.85. The normalized spacial score (nSPS) is 20.7. The molecular formula is C18H42N4O6P2. The zero-order valence-electron chi connectivity index (χ0n) is 18.6. The maximum Gasteiger partial charge on any atom is 0.326 e. The van der Waals surface area contributed by atoms with E-state index in [1.165, 1.54) is 0 Å². The van der Waals surface area contributed by atoms with Crippen molar-refractivity contribution in [3.8, 4) is 0 Å². The fourth-order valence-electron chi connectivity index (χ4n) is 3.65. The van der Waals surface area contributed by atoms with Gasteiger partial charge >= 0.3 is 15.2 Å². The molecule has 0 atom stereocenters. The summed E-state index contributed by atoms with van der Waals surface area (Å²) < 4.78 is 22.7. The van der Waals surface area contributed by atoms with Crippen LogP contribution < -0.4 is 0 Å². The van der Waals surface area contributed by atoms with Gasteiger partial charge < -0.3 is 39.2 Å². The SMILES string of the molecule is CCCN1CCN(CCC)CCN(CCP(=O)(O)O)CCN(CCP(=O)(O)O)CC1. The van der Waals surface area contributed by atoms with Crippen LogP contribution in [-0.4, -0.2) is 130 Å². The molecule has 1 saturated heterocycles. The Hall–Kier alpha value is 0.140. The van der Waals surface area contributed by atoms with E-state index >= 15 is 0 Å². The van der Waals surface area contributed by atoms with Gasteiger partial charge in [0.2, 0.25) is 0 Å². The van der Waals surface area contributed by atoms with E-state index in [4.69, 9.17) is 0 Å². The molecule has 0 spiro atoms. The summed E-state index contributed by atoms with van der Waals surface area (Å²) >= 11 is 0. The summed E-state index contributed by atoms with van der Waals surface area (Å²) in [5.74, 6) is 0. The standard InChI is InChI=1S/C18H42N4O6P2/c1-3-5-19-7-8-20(6-4-2)10-12-22(16-18-30(26,27)28)14-13-21(11-9-19)15-17-29(23,24)25/h3-18H2,1-2H3,(H2,23,24,25)(H2,26,27,28). The van der Waals surface area contributed by atoms with Gasteiger partial charge in [0.25, 0.3) is 0 Å². The van der Waals surface area contributed by atoms with Crippen LogP contribution in [0.25, 0.3) is 0 Å². The number of hydrogen-bond donors (Lipinski definition) is 4. The van der Waals surface area contributed by atoms with Crippen molar-refractivity contribution in [2.45, 2.75) is 26.7 Å². The van der Waals surface area contributed by atoms with Crippen LogP contribution >= 0.6 is 15.2 Å². The molecule has 0 aromatic carbocycles. The van der Waals surface area contributed by atoms with E-state index in [-0.39, 0.29) is 12.3 Å². The molecule has 0 bridgehead atoms. The van der Waals surface area contributed by atoms with Crippen LogP contribution in [-0.2, 0) is 9.13 Å². The van der Waals surface area contributed by atoms with E-state index in [0.29, 0.717) is 26.2 Å². The summed E-state index contributed by atoms with van der Waals surface area (Å²) in [7, 11) is -8.13. The van der Waals surface area contributed by atoms with Crippen molar-refractivity contribution in [1.29, 1.82) is 0 Å². The van der Waals surface area contributed by atoms with Gasteiger partial charge in [0.05, 0.1) is 12.3 Å². The van der Waals surface area contributed by atoms with E-state index in [1.807, 2.05) is 0 Å². The topological polar surface area (TPSA) is 128 Å². The molecule has 10 nitrogen and oxygen atoms in total. The summed E-state index contributed by atoms with van der Waals surface area (Å²) in [4.78, 5) is 46.0. The molecule has 1 rings (SSSR count). The molecule has 0 aliphatic carbocycles. The van der Waals surface area contributed by atoms with Crippen molar-refractivity contribution in [3.05, 3.63) is 0 Å². The molecule has 0 radical (unpaired) electrons. The fourth-order valence-corrected chi connectivity index (χ4v) is 4.74. The number of rotatable bonds is 10. The minimum absolute atomic E-state index is 0.173. The van der Waals surface area contributed by atoms with Crippen molar-refractivity contribution in [2.24, 2.45) is 0 Å². The third-order valence-electron chi connectivity index (χ3n) is 5.42. The molecular weight excluding hydrogens is 430 g/mol.